The van der Waals surface area contributed by atoms with Crippen molar-refractivity contribution in [3.8, 4) is 22.4 Å². The molecule has 1 heterocycles. The molecule has 0 amide bonds. The fraction of sp³-hybridized carbons (Fsp3) is 0.0625. The molecule has 0 atom stereocenters. The molecule has 2 aromatic carbocycles. The van der Waals surface area contributed by atoms with Crippen molar-refractivity contribution in [3.05, 3.63) is 59.7 Å². The van der Waals surface area contributed by atoms with Gasteiger partial charge in [0, 0.05) is 5.56 Å². The van der Waals surface area contributed by atoms with Crippen molar-refractivity contribution < 1.29 is 8.78 Å². The maximum absolute atomic E-state index is 13.4. The predicted octanol–water partition coefficient (Wildman–Crippen LogP) is 3.91. The number of hydrogen-bond donors (Lipinski definition) is 2. The first-order valence-electron chi connectivity index (χ1n) is 6.42. The first-order valence-corrected chi connectivity index (χ1v) is 6.42. The molecule has 0 unspecified atom stereocenters. The van der Waals surface area contributed by atoms with E-state index in [1.807, 2.05) is 31.2 Å². The van der Waals surface area contributed by atoms with Gasteiger partial charge < -0.3 is 5.73 Å². The van der Waals surface area contributed by atoms with Gasteiger partial charge in [0.25, 0.3) is 0 Å². The summed E-state index contributed by atoms with van der Waals surface area (Å²) in [5.74, 6) is -1.47. The van der Waals surface area contributed by atoms with E-state index < -0.39 is 11.6 Å². The van der Waals surface area contributed by atoms with Crippen LogP contribution in [0.3, 0.4) is 0 Å². The summed E-state index contributed by atoms with van der Waals surface area (Å²) in [5.41, 5.74) is 9.63. The van der Waals surface area contributed by atoms with Gasteiger partial charge in [-0.05, 0) is 30.7 Å². The smallest absolute Gasteiger partial charge is 0.159 e. The maximum Gasteiger partial charge on any atom is 0.159 e. The number of aromatic amines is 1. The summed E-state index contributed by atoms with van der Waals surface area (Å²) < 4.78 is 26.5. The largest absolute Gasteiger partial charge is 0.382 e. The lowest BCUT2D eigenvalue weighted by Crippen LogP contribution is -1.90. The van der Waals surface area contributed by atoms with E-state index >= 15 is 0 Å². The van der Waals surface area contributed by atoms with Gasteiger partial charge in [-0.2, -0.15) is 5.10 Å². The van der Waals surface area contributed by atoms with Crippen molar-refractivity contribution >= 4 is 5.82 Å². The molecule has 3 N–H and O–H groups in total. The van der Waals surface area contributed by atoms with Crippen molar-refractivity contribution in [2.24, 2.45) is 0 Å². The molecule has 0 aliphatic carbocycles. The Labute approximate surface area is 120 Å². The Kier molecular flexibility index (Phi) is 3.17. The van der Waals surface area contributed by atoms with Gasteiger partial charge in [-0.25, -0.2) is 8.78 Å². The van der Waals surface area contributed by atoms with Crippen molar-refractivity contribution in [3.63, 3.8) is 0 Å². The first-order chi connectivity index (χ1) is 10.1. The predicted molar refractivity (Wildman–Crippen MR) is 78.5 cm³/mol. The van der Waals surface area contributed by atoms with Crippen LogP contribution in [0.15, 0.2) is 42.5 Å². The van der Waals surface area contributed by atoms with Crippen molar-refractivity contribution in [2.75, 3.05) is 5.73 Å². The number of rotatable bonds is 2. The van der Waals surface area contributed by atoms with Crippen LogP contribution in [0.2, 0.25) is 0 Å². The zero-order valence-corrected chi connectivity index (χ0v) is 11.3. The molecular weight excluding hydrogens is 272 g/mol. The Morgan fingerprint density at radius 3 is 2.29 bits per heavy atom. The molecule has 0 bridgehead atoms. The van der Waals surface area contributed by atoms with Gasteiger partial charge >= 0.3 is 0 Å². The number of nitrogens with one attached hydrogen (secondary N) is 1. The van der Waals surface area contributed by atoms with Crippen LogP contribution >= 0.6 is 0 Å². The molecule has 1 aromatic heterocycles. The number of nitrogens with two attached hydrogens (primary N) is 1. The fourth-order valence-electron chi connectivity index (χ4n) is 2.23. The van der Waals surface area contributed by atoms with Gasteiger partial charge in [0.1, 0.15) is 0 Å². The molecule has 5 heteroatoms. The summed E-state index contributed by atoms with van der Waals surface area (Å²) in [6, 6.07) is 11.4. The highest BCUT2D eigenvalue weighted by Gasteiger charge is 2.16. The van der Waals surface area contributed by atoms with E-state index in [-0.39, 0.29) is 0 Å². The monoisotopic (exact) mass is 285 g/mol. The second kappa shape index (κ2) is 5.01. The number of aryl methyl sites for hydroxylation is 1. The highest BCUT2D eigenvalue weighted by Crippen LogP contribution is 2.35. The highest BCUT2D eigenvalue weighted by atomic mass is 19.2. The lowest BCUT2D eigenvalue weighted by molar-refractivity contribution is 0.509. The normalized spacial score (nSPS) is 10.8. The average molecular weight is 285 g/mol. The Hall–Kier alpha value is -2.69. The second-order valence-corrected chi connectivity index (χ2v) is 4.85. The van der Waals surface area contributed by atoms with Crippen LogP contribution in [-0.4, -0.2) is 10.2 Å². The molecule has 3 nitrogen and oxygen atoms in total. The molecule has 0 fully saturated rings. The summed E-state index contributed by atoms with van der Waals surface area (Å²) in [4.78, 5) is 0. The van der Waals surface area contributed by atoms with E-state index in [1.165, 1.54) is 6.07 Å². The Morgan fingerprint density at radius 2 is 1.62 bits per heavy atom. The number of nitrogen functional groups attached to an aromatic ring is 1. The van der Waals surface area contributed by atoms with Crippen LogP contribution in [0, 0.1) is 18.6 Å². The minimum absolute atomic E-state index is 0.318. The van der Waals surface area contributed by atoms with Gasteiger partial charge in [0.2, 0.25) is 0 Å². The lowest BCUT2D eigenvalue weighted by atomic mass is 10.00. The van der Waals surface area contributed by atoms with Crippen LogP contribution in [0.25, 0.3) is 22.4 Å². The summed E-state index contributed by atoms with van der Waals surface area (Å²) in [6.07, 6.45) is 0. The standard InChI is InChI=1S/C16H13F2N3/c1-9-2-4-10(5-3-9)14-15(20-21-16(14)19)11-6-7-12(17)13(18)8-11/h2-8H,1H3,(H3,19,20,21). The minimum Gasteiger partial charge on any atom is -0.382 e. The van der Waals surface area contributed by atoms with Crippen molar-refractivity contribution in [1.29, 1.82) is 0 Å². The fourth-order valence-corrected chi connectivity index (χ4v) is 2.23. The lowest BCUT2D eigenvalue weighted by Gasteiger charge is -2.06. The van der Waals surface area contributed by atoms with E-state index in [4.69, 9.17) is 5.73 Å². The third kappa shape index (κ3) is 2.38. The molecule has 21 heavy (non-hydrogen) atoms. The molecular formula is C16H13F2N3. The molecule has 3 rings (SSSR count). The molecule has 0 saturated heterocycles. The van der Waals surface area contributed by atoms with Crippen LogP contribution in [0.5, 0.6) is 0 Å². The minimum atomic E-state index is -0.907. The number of anilines is 1. The number of aromatic nitrogens is 2. The van der Waals surface area contributed by atoms with E-state index in [2.05, 4.69) is 10.2 Å². The van der Waals surface area contributed by atoms with Gasteiger partial charge in [0.05, 0.1) is 11.3 Å². The van der Waals surface area contributed by atoms with Gasteiger partial charge in [0.15, 0.2) is 17.5 Å². The number of H-pyrrole nitrogens is 1. The van der Waals surface area contributed by atoms with Crippen LogP contribution in [0.4, 0.5) is 14.6 Å². The van der Waals surface area contributed by atoms with Gasteiger partial charge in [-0.15, -0.1) is 0 Å². The molecule has 0 saturated carbocycles. The quantitative estimate of drug-likeness (QED) is 0.750. The third-order valence-electron chi connectivity index (χ3n) is 3.34. The van der Waals surface area contributed by atoms with E-state index in [1.54, 1.807) is 0 Å². The number of benzene rings is 2. The Morgan fingerprint density at radius 1 is 0.952 bits per heavy atom. The highest BCUT2D eigenvalue weighted by molar-refractivity contribution is 5.87. The molecule has 0 spiro atoms. The zero-order valence-electron chi connectivity index (χ0n) is 11.3. The van der Waals surface area contributed by atoms with Gasteiger partial charge in [-0.3, -0.25) is 5.10 Å². The molecule has 0 radical (unpaired) electrons. The molecule has 0 aliphatic rings. The summed E-state index contributed by atoms with van der Waals surface area (Å²) >= 11 is 0. The van der Waals surface area contributed by atoms with E-state index in [0.717, 1.165) is 23.3 Å². The van der Waals surface area contributed by atoms with Crippen LogP contribution in [0.1, 0.15) is 5.56 Å². The summed E-state index contributed by atoms with van der Waals surface area (Å²) in [7, 11) is 0. The first kappa shape index (κ1) is 13.3. The van der Waals surface area contributed by atoms with E-state index in [9.17, 15) is 8.78 Å². The number of nitrogens with zero attached hydrogens (tertiary/aromatic N) is 1. The van der Waals surface area contributed by atoms with E-state index in [0.29, 0.717) is 22.6 Å². The average Bonchev–Trinajstić information content (AvgIpc) is 2.85. The number of hydrogen-bond acceptors (Lipinski definition) is 2. The third-order valence-corrected chi connectivity index (χ3v) is 3.34. The molecule has 106 valence electrons. The maximum atomic E-state index is 13.4. The Bertz CT molecular complexity index is 792. The Balaban J connectivity index is 2.16. The topological polar surface area (TPSA) is 54.7 Å². The van der Waals surface area contributed by atoms with Crippen molar-refractivity contribution in [1.82, 2.24) is 10.2 Å². The second-order valence-electron chi connectivity index (χ2n) is 4.85. The van der Waals surface area contributed by atoms with Crippen LogP contribution in [-0.2, 0) is 0 Å². The summed E-state index contributed by atoms with van der Waals surface area (Å²) in [6.45, 7) is 1.98. The zero-order chi connectivity index (χ0) is 15.0. The molecule has 3 aromatic rings. The molecule has 0 aliphatic heterocycles. The number of halogens is 2. The van der Waals surface area contributed by atoms with Crippen molar-refractivity contribution in [2.45, 2.75) is 6.92 Å². The van der Waals surface area contributed by atoms with Crippen LogP contribution < -0.4 is 5.73 Å². The SMILES string of the molecule is Cc1ccc(-c2c(N)n[nH]c2-c2ccc(F)c(F)c2)cc1. The summed E-state index contributed by atoms with van der Waals surface area (Å²) in [5, 5.41) is 6.77. The van der Waals surface area contributed by atoms with Gasteiger partial charge in [-0.1, -0.05) is 29.8 Å².